The van der Waals surface area contributed by atoms with Crippen LogP contribution in [-0.4, -0.2) is 12.6 Å². The highest BCUT2D eigenvalue weighted by atomic mass is 35.5. The topological polar surface area (TPSA) is 26.3 Å². The summed E-state index contributed by atoms with van der Waals surface area (Å²) in [4.78, 5) is 12.2. The molecule has 4 heteroatoms. The zero-order valence-electron chi connectivity index (χ0n) is 11.1. The van der Waals surface area contributed by atoms with E-state index in [1.165, 1.54) is 0 Å². The van der Waals surface area contributed by atoms with E-state index in [2.05, 4.69) is 0 Å². The average molecular weight is 289 g/mol. The molecule has 1 aromatic rings. The molecule has 0 heterocycles. The molecule has 0 aromatic heterocycles. The van der Waals surface area contributed by atoms with E-state index in [1.807, 2.05) is 20.8 Å². The van der Waals surface area contributed by atoms with E-state index in [0.29, 0.717) is 16.7 Å². The fraction of sp³-hybridized carbons (Fsp3) is 0.500. The second-order valence-electron chi connectivity index (χ2n) is 4.70. The molecular formula is C14H18Cl2O2. The molecule has 1 rings (SSSR count). The van der Waals surface area contributed by atoms with Crippen LogP contribution in [-0.2, 0) is 14.9 Å². The predicted molar refractivity (Wildman–Crippen MR) is 75.3 cm³/mol. The molecule has 1 unspecified atom stereocenters. The van der Waals surface area contributed by atoms with Gasteiger partial charge in [-0.1, -0.05) is 43.1 Å². The van der Waals surface area contributed by atoms with Crippen molar-refractivity contribution in [3.8, 4) is 0 Å². The van der Waals surface area contributed by atoms with Crippen LogP contribution >= 0.6 is 23.2 Å². The Balaban J connectivity index is 3.31. The Labute approximate surface area is 118 Å². The Morgan fingerprint density at radius 3 is 2.44 bits per heavy atom. The number of hydrogen-bond acceptors (Lipinski definition) is 2. The first-order chi connectivity index (χ1) is 8.33. The molecule has 100 valence electrons. The highest BCUT2D eigenvalue weighted by Gasteiger charge is 2.41. The van der Waals surface area contributed by atoms with Crippen LogP contribution in [0.25, 0.3) is 0 Å². The second-order valence-corrected chi connectivity index (χ2v) is 5.55. The zero-order valence-corrected chi connectivity index (χ0v) is 12.6. The van der Waals surface area contributed by atoms with Crippen LogP contribution in [0.4, 0.5) is 0 Å². The third-order valence-electron chi connectivity index (χ3n) is 3.34. The van der Waals surface area contributed by atoms with Crippen molar-refractivity contribution in [1.29, 1.82) is 0 Å². The van der Waals surface area contributed by atoms with Gasteiger partial charge in [-0.3, -0.25) is 4.79 Å². The summed E-state index contributed by atoms with van der Waals surface area (Å²) < 4.78 is 5.18. The van der Waals surface area contributed by atoms with Gasteiger partial charge in [0.2, 0.25) is 0 Å². The number of halogens is 2. The third-order valence-corrected chi connectivity index (χ3v) is 3.89. The van der Waals surface area contributed by atoms with Crippen LogP contribution in [0.3, 0.4) is 0 Å². The van der Waals surface area contributed by atoms with Crippen molar-refractivity contribution in [1.82, 2.24) is 0 Å². The smallest absolute Gasteiger partial charge is 0.316 e. The Morgan fingerprint density at radius 1 is 1.39 bits per heavy atom. The Kier molecular flexibility index (Phi) is 5.06. The minimum atomic E-state index is -0.766. The van der Waals surface area contributed by atoms with Crippen molar-refractivity contribution in [3.05, 3.63) is 33.8 Å². The van der Waals surface area contributed by atoms with Crippen LogP contribution in [0.15, 0.2) is 18.2 Å². The van der Waals surface area contributed by atoms with Gasteiger partial charge in [0, 0.05) is 10.0 Å². The summed E-state index contributed by atoms with van der Waals surface area (Å²) in [6.45, 7) is 7.95. The van der Waals surface area contributed by atoms with Gasteiger partial charge in [0.25, 0.3) is 0 Å². The maximum Gasteiger partial charge on any atom is 0.316 e. The Hall–Kier alpha value is -0.730. The fourth-order valence-electron chi connectivity index (χ4n) is 1.85. The third kappa shape index (κ3) is 2.81. The van der Waals surface area contributed by atoms with Gasteiger partial charge >= 0.3 is 5.97 Å². The summed E-state index contributed by atoms with van der Waals surface area (Å²) >= 11 is 12.1. The number of carbonyl (C=O) groups excluding carboxylic acids is 1. The molecule has 0 N–H and O–H groups in total. The lowest BCUT2D eigenvalue weighted by molar-refractivity contribution is -0.151. The van der Waals surface area contributed by atoms with E-state index in [0.717, 1.165) is 5.56 Å². The van der Waals surface area contributed by atoms with Gasteiger partial charge in [0.15, 0.2) is 0 Å². The molecule has 0 spiro atoms. The summed E-state index contributed by atoms with van der Waals surface area (Å²) in [7, 11) is 0. The van der Waals surface area contributed by atoms with Crippen LogP contribution in [0, 0.1) is 5.92 Å². The summed E-state index contributed by atoms with van der Waals surface area (Å²) in [5.74, 6) is -0.195. The van der Waals surface area contributed by atoms with Gasteiger partial charge in [-0.2, -0.15) is 0 Å². The maximum atomic E-state index is 12.2. The van der Waals surface area contributed by atoms with Gasteiger partial charge in [-0.25, -0.2) is 0 Å². The number of carbonyl (C=O) groups is 1. The molecule has 0 saturated heterocycles. The first-order valence-electron chi connectivity index (χ1n) is 5.96. The van der Waals surface area contributed by atoms with Crippen LogP contribution in [0.2, 0.25) is 10.0 Å². The molecule has 0 amide bonds. The standard InChI is InChI=1S/C14H18Cl2O2/c1-5-18-13(17)14(4,9(2)3)11-7-6-10(15)8-12(11)16/h6-9H,5H2,1-4H3. The molecule has 0 aliphatic carbocycles. The summed E-state index contributed by atoms with van der Waals surface area (Å²) in [6.07, 6.45) is 0. The van der Waals surface area contributed by atoms with Crippen molar-refractivity contribution in [3.63, 3.8) is 0 Å². The van der Waals surface area contributed by atoms with E-state index in [1.54, 1.807) is 25.1 Å². The Morgan fingerprint density at radius 2 is 2.00 bits per heavy atom. The number of rotatable bonds is 4. The van der Waals surface area contributed by atoms with Crippen molar-refractivity contribution in [2.24, 2.45) is 5.92 Å². The van der Waals surface area contributed by atoms with Gasteiger partial charge in [0.05, 0.1) is 12.0 Å². The number of hydrogen-bond donors (Lipinski definition) is 0. The zero-order chi connectivity index (χ0) is 13.9. The largest absolute Gasteiger partial charge is 0.465 e. The highest BCUT2D eigenvalue weighted by Crippen LogP contribution is 2.38. The van der Waals surface area contributed by atoms with Crippen molar-refractivity contribution < 1.29 is 9.53 Å². The molecular weight excluding hydrogens is 271 g/mol. The lowest BCUT2D eigenvalue weighted by atomic mass is 9.73. The quantitative estimate of drug-likeness (QED) is 0.764. The summed E-state index contributed by atoms with van der Waals surface area (Å²) in [6, 6.07) is 5.18. The lowest BCUT2D eigenvalue weighted by Gasteiger charge is -2.32. The molecule has 0 radical (unpaired) electrons. The van der Waals surface area contributed by atoms with Crippen LogP contribution in [0.5, 0.6) is 0 Å². The fourth-order valence-corrected chi connectivity index (χ4v) is 2.45. The van der Waals surface area contributed by atoms with Crippen LogP contribution in [0.1, 0.15) is 33.3 Å². The SMILES string of the molecule is CCOC(=O)C(C)(c1ccc(Cl)cc1Cl)C(C)C. The van der Waals surface area contributed by atoms with E-state index in [9.17, 15) is 4.79 Å². The Bertz CT molecular complexity index is 443. The normalized spacial score (nSPS) is 14.4. The van der Waals surface area contributed by atoms with Gasteiger partial charge in [-0.15, -0.1) is 0 Å². The van der Waals surface area contributed by atoms with Gasteiger partial charge in [-0.05, 0) is 37.5 Å². The molecule has 0 aliphatic rings. The van der Waals surface area contributed by atoms with E-state index in [-0.39, 0.29) is 11.9 Å². The van der Waals surface area contributed by atoms with Crippen LogP contribution < -0.4 is 0 Å². The molecule has 0 bridgehead atoms. The van der Waals surface area contributed by atoms with Crippen molar-refractivity contribution in [2.45, 2.75) is 33.1 Å². The molecule has 18 heavy (non-hydrogen) atoms. The number of ether oxygens (including phenoxy) is 1. The highest BCUT2D eigenvalue weighted by molar-refractivity contribution is 6.35. The van der Waals surface area contributed by atoms with Gasteiger partial charge < -0.3 is 4.74 Å². The van der Waals surface area contributed by atoms with Crippen molar-refractivity contribution in [2.75, 3.05) is 6.61 Å². The number of benzene rings is 1. The summed E-state index contributed by atoms with van der Waals surface area (Å²) in [5.41, 5.74) is -0.0143. The average Bonchev–Trinajstić information content (AvgIpc) is 2.28. The van der Waals surface area contributed by atoms with E-state index >= 15 is 0 Å². The molecule has 1 aromatic carbocycles. The molecule has 0 aliphatic heterocycles. The molecule has 0 saturated carbocycles. The van der Waals surface area contributed by atoms with Gasteiger partial charge in [0.1, 0.15) is 0 Å². The molecule has 2 nitrogen and oxygen atoms in total. The number of esters is 1. The maximum absolute atomic E-state index is 12.2. The first-order valence-corrected chi connectivity index (χ1v) is 6.72. The predicted octanol–water partition coefficient (Wildman–Crippen LogP) is 4.47. The molecule has 0 fully saturated rings. The van der Waals surface area contributed by atoms with Crippen molar-refractivity contribution >= 4 is 29.2 Å². The summed E-state index contributed by atoms with van der Waals surface area (Å²) in [5, 5.41) is 1.05. The van der Waals surface area contributed by atoms with E-state index < -0.39 is 5.41 Å². The molecule has 1 atom stereocenters. The lowest BCUT2D eigenvalue weighted by Crippen LogP contribution is -2.39. The minimum Gasteiger partial charge on any atom is -0.465 e. The second kappa shape index (κ2) is 5.94. The first kappa shape index (κ1) is 15.3. The minimum absolute atomic E-state index is 0.0650. The monoisotopic (exact) mass is 288 g/mol. The van der Waals surface area contributed by atoms with E-state index in [4.69, 9.17) is 27.9 Å².